The number of fused-ring (bicyclic) bond motifs is 1. The van der Waals surface area contributed by atoms with Crippen LogP contribution in [0.25, 0.3) is 10.9 Å². The molecule has 0 amide bonds. The summed E-state index contributed by atoms with van der Waals surface area (Å²) in [5.74, 6) is 0.720. The Morgan fingerprint density at radius 3 is 2.92 bits per heavy atom. The second-order valence-electron chi connectivity index (χ2n) is 6.67. The fourth-order valence-electron chi connectivity index (χ4n) is 3.49. The van der Waals surface area contributed by atoms with Crippen LogP contribution >= 0.6 is 0 Å². The number of hydrogen-bond donors (Lipinski definition) is 2. The zero-order valence-electron chi connectivity index (χ0n) is 14.4. The molecule has 1 aromatic carbocycles. The minimum absolute atomic E-state index is 0.0737. The third-order valence-corrected chi connectivity index (χ3v) is 4.69. The van der Waals surface area contributed by atoms with E-state index in [-0.39, 0.29) is 11.7 Å². The number of rotatable bonds is 5. The summed E-state index contributed by atoms with van der Waals surface area (Å²) >= 11 is 0. The Labute approximate surface area is 142 Å². The van der Waals surface area contributed by atoms with Gasteiger partial charge >= 0.3 is 0 Å². The SMILES string of the molecule is CCC1CN(Cc2nc3ccccc3c(=O)[nH]2)CCN1CC(C)O. The number of nitrogens with one attached hydrogen (secondary N) is 1. The lowest BCUT2D eigenvalue weighted by Gasteiger charge is -2.41. The van der Waals surface area contributed by atoms with Gasteiger partial charge in [-0.1, -0.05) is 19.1 Å². The Hall–Kier alpha value is -1.76. The molecule has 6 nitrogen and oxygen atoms in total. The van der Waals surface area contributed by atoms with E-state index < -0.39 is 0 Å². The van der Waals surface area contributed by atoms with Crippen molar-refractivity contribution >= 4 is 10.9 Å². The summed E-state index contributed by atoms with van der Waals surface area (Å²) in [6.07, 6.45) is 0.745. The molecule has 2 aromatic rings. The van der Waals surface area contributed by atoms with Crippen molar-refractivity contribution in [3.63, 3.8) is 0 Å². The maximum absolute atomic E-state index is 12.2. The second kappa shape index (κ2) is 7.42. The van der Waals surface area contributed by atoms with Crippen LogP contribution < -0.4 is 5.56 Å². The van der Waals surface area contributed by atoms with Crippen molar-refractivity contribution in [1.82, 2.24) is 19.8 Å². The Balaban J connectivity index is 1.72. The molecule has 2 N–H and O–H groups in total. The highest BCUT2D eigenvalue weighted by Gasteiger charge is 2.26. The van der Waals surface area contributed by atoms with Gasteiger partial charge in [0.2, 0.25) is 0 Å². The largest absolute Gasteiger partial charge is 0.392 e. The van der Waals surface area contributed by atoms with Crippen LogP contribution in [0.2, 0.25) is 0 Å². The van der Waals surface area contributed by atoms with Crippen molar-refractivity contribution in [3.05, 3.63) is 40.4 Å². The summed E-state index contributed by atoms with van der Waals surface area (Å²) < 4.78 is 0. The van der Waals surface area contributed by atoms with Crippen molar-refractivity contribution in [2.24, 2.45) is 0 Å². The number of hydrogen-bond acceptors (Lipinski definition) is 5. The number of aliphatic hydroxyl groups is 1. The Morgan fingerprint density at radius 2 is 2.17 bits per heavy atom. The van der Waals surface area contributed by atoms with E-state index in [0.717, 1.165) is 43.9 Å². The molecule has 1 aromatic heterocycles. The molecule has 130 valence electrons. The minimum Gasteiger partial charge on any atom is -0.392 e. The van der Waals surface area contributed by atoms with Crippen LogP contribution in [0.5, 0.6) is 0 Å². The van der Waals surface area contributed by atoms with Crippen molar-refractivity contribution in [2.75, 3.05) is 26.2 Å². The maximum Gasteiger partial charge on any atom is 0.258 e. The molecule has 6 heteroatoms. The normalized spacial score (nSPS) is 21.2. The third kappa shape index (κ3) is 3.83. The predicted octanol–water partition coefficient (Wildman–Crippen LogP) is 1.20. The molecule has 24 heavy (non-hydrogen) atoms. The van der Waals surface area contributed by atoms with Crippen molar-refractivity contribution in [3.8, 4) is 0 Å². The standard InChI is InChI=1S/C18H26N4O2/c1-3-14-11-21(8-9-22(14)10-13(2)23)12-17-19-16-7-5-4-6-15(16)18(24)20-17/h4-7,13-14,23H,3,8-12H2,1-2H3,(H,19,20,24). The van der Waals surface area contributed by atoms with Gasteiger partial charge in [-0.15, -0.1) is 0 Å². The van der Waals surface area contributed by atoms with E-state index in [4.69, 9.17) is 0 Å². The van der Waals surface area contributed by atoms with Crippen LogP contribution in [-0.4, -0.2) is 63.2 Å². The Morgan fingerprint density at radius 1 is 1.38 bits per heavy atom. The lowest BCUT2D eigenvalue weighted by molar-refractivity contribution is 0.0329. The number of H-pyrrole nitrogens is 1. The van der Waals surface area contributed by atoms with Gasteiger partial charge in [-0.25, -0.2) is 4.98 Å². The Kier molecular flexibility index (Phi) is 5.28. The van der Waals surface area contributed by atoms with Gasteiger partial charge < -0.3 is 10.1 Å². The lowest BCUT2D eigenvalue weighted by Crippen LogP contribution is -2.54. The molecule has 0 saturated carbocycles. The highest BCUT2D eigenvalue weighted by atomic mass is 16.3. The van der Waals surface area contributed by atoms with Gasteiger partial charge in [0.1, 0.15) is 5.82 Å². The molecule has 2 unspecified atom stereocenters. The van der Waals surface area contributed by atoms with E-state index in [1.165, 1.54) is 0 Å². The maximum atomic E-state index is 12.2. The van der Waals surface area contributed by atoms with Crippen LogP contribution in [0, 0.1) is 0 Å². The predicted molar refractivity (Wildman–Crippen MR) is 95.0 cm³/mol. The van der Waals surface area contributed by atoms with Gasteiger partial charge in [0.05, 0.1) is 23.6 Å². The molecule has 2 heterocycles. The number of aromatic nitrogens is 2. The van der Waals surface area contributed by atoms with Gasteiger partial charge in [0.15, 0.2) is 0 Å². The van der Waals surface area contributed by atoms with Crippen LogP contribution in [0.1, 0.15) is 26.1 Å². The number of para-hydroxylation sites is 1. The molecule has 0 bridgehead atoms. The molecular weight excluding hydrogens is 304 g/mol. The van der Waals surface area contributed by atoms with E-state index in [1.54, 1.807) is 6.07 Å². The van der Waals surface area contributed by atoms with Crippen LogP contribution in [0.15, 0.2) is 29.1 Å². The van der Waals surface area contributed by atoms with Crippen LogP contribution in [0.4, 0.5) is 0 Å². The van der Waals surface area contributed by atoms with Gasteiger partial charge in [-0.3, -0.25) is 14.6 Å². The summed E-state index contributed by atoms with van der Waals surface area (Å²) in [4.78, 5) is 24.4. The molecule has 0 spiro atoms. The summed E-state index contributed by atoms with van der Waals surface area (Å²) in [6, 6.07) is 7.86. The van der Waals surface area contributed by atoms with E-state index in [1.807, 2.05) is 25.1 Å². The molecule has 3 rings (SSSR count). The molecular formula is C18H26N4O2. The fraction of sp³-hybridized carbons (Fsp3) is 0.556. The van der Waals surface area contributed by atoms with E-state index >= 15 is 0 Å². The van der Waals surface area contributed by atoms with E-state index in [9.17, 15) is 9.90 Å². The monoisotopic (exact) mass is 330 g/mol. The molecule has 2 atom stereocenters. The molecule has 1 aliphatic rings. The van der Waals surface area contributed by atoms with Crippen LogP contribution in [0.3, 0.4) is 0 Å². The lowest BCUT2D eigenvalue weighted by atomic mass is 10.1. The first kappa shape index (κ1) is 17.1. The highest BCUT2D eigenvalue weighted by molar-refractivity contribution is 5.77. The summed E-state index contributed by atoms with van der Waals surface area (Å²) in [7, 11) is 0. The molecule has 1 aliphatic heterocycles. The average Bonchev–Trinajstić information content (AvgIpc) is 2.56. The quantitative estimate of drug-likeness (QED) is 0.862. The van der Waals surface area contributed by atoms with Crippen molar-refractivity contribution in [1.29, 1.82) is 0 Å². The molecule has 1 saturated heterocycles. The van der Waals surface area contributed by atoms with Gasteiger partial charge in [-0.2, -0.15) is 0 Å². The van der Waals surface area contributed by atoms with Gasteiger partial charge in [0, 0.05) is 32.2 Å². The molecule has 0 radical (unpaired) electrons. The molecule has 1 fully saturated rings. The van der Waals surface area contributed by atoms with E-state index in [0.29, 0.717) is 18.0 Å². The first-order valence-electron chi connectivity index (χ1n) is 8.69. The summed E-state index contributed by atoms with van der Waals surface area (Å²) in [5.41, 5.74) is 0.673. The first-order valence-corrected chi connectivity index (χ1v) is 8.69. The highest BCUT2D eigenvalue weighted by Crippen LogP contribution is 2.15. The van der Waals surface area contributed by atoms with Gasteiger partial charge in [0.25, 0.3) is 5.56 Å². The number of β-amino-alcohol motifs (C(OH)–C–C–N with tert-alkyl or cyclic N) is 1. The number of aliphatic hydroxyl groups excluding tert-OH is 1. The fourth-order valence-corrected chi connectivity index (χ4v) is 3.49. The Bertz CT molecular complexity index is 743. The van der Waals surface area contributed by atoms with Gasteiger partial charge in [-0.05, 0) is 25.5 Å². The number of aromatic amines is 1. The zero-order chi connectivity index (χ0) is 17.1. The second-order valence-corrected chi connectivity index (χ2v) is 6.67. The van der Waals surface area contributed by atoms with Crippen molar-refractivity contribution in [2.45, 2.75) is 39.0 Å². The first-order chi connectivity index (χ1) is 11.6. The smallest absolute Gasteiger partial charge is 0.258 e. The van der Waals surface area contributed by atoms with Crippen LogP contribution in [-0.2, 0) is 6.54 Å². The number of nitrogens with zero attached hydrogens (tertiary/aromatic N) is 3. The number of piperazine rings is 1. The summed E-state index contributed by atoms with van der Waals surface area (Å²) in [5, 5.41) is 10.3. The molecule has 0 aliphatic carbocycles. The topological polar surface area (TPSA) is 72.5 Å². The third-order valence-electron chi connectivity index (χ3n) is 4.69. The zero-order valence-corrected chi connectivity index (χ0v) is 14.4. The minimum atomic E-state index is -0.302. The number of benzene rings is 1. The summed E-state index contributed by atoms with van der Waals surface area (Å²) in [6.45, 7) is 8.17. The average molecular weight is 330 g/mol. The van der Waals surface area contributed by atoms with Crippen molar-refractivity contribution < 1.29 is 5.11 Å². The van der Waals surface area contributed by atoms with E-state index in [2.05, 4.69) is 26.7 Å².